The van der Waals surface area contributed by atoms with Crippen molar-refractivity contribution in [2.75, 3.05) is 50.0 Å². The standard InChI is InChI=1S/C27H34N2O9S3.C14H14Cl2N2O5S2/c1-17-16-25(37-7)19(3)21(5)27(17)40(32,33)29-22-8-10-23(11-9-22)39(30,31)28-14-15-38-41(34,35)26-13-12-24(36-6)18(2)20(26)4;15-10-1-6-14(13(16)9-10)25(22,23)18-11-2-4-12(5-3-11)24(20,21)17-7-8-19/h8-13,16,28-29H,14-15H2,1-7H3;1-6,9,17-19H,7-8H2. The van der Waals surface area contributed by atoms with Gasteiger partial charge in [0.2, 0.25) is 20.0 Å². The van der Waals surface area contributed by atoms with Gasteiger partial charge in [0.1, 0.15) is 16.4 Å². The van der Waals surface area contributed by atoms with E-state index in [4.69, 9.17) is 42.0 Å². The van der Waals surface area contributed by atoms with E-state index >= 15 is 0 Å². The lowest BCUT2D eigenvalue weighted by atomic mass is 10.1. The molecule has 18 nitrogen and oxygen atoms in total. The number of anilines is 2. The van der Waals surface area contributed by atoms with E-state index < -0.39 is 56.8 Å². The maximum Gasteiger partial charge on any atom is 0.297 e. The van der Waals surface area contributed by atoms with Crippen LogP contribution in [0.5, 0.6) is 11.5 Å². The first-order chi connectivity index (χ1) is 30.7. The minimum Gasteiger partial charge on any atom is -0.496 e. The van der Waals surface area contributed by atoms with Crippen molar-refractivity contribution >= 4 is 84.8 Å². The van der Waals surface area contributed by atoms with Crippen molar-refractivity contribution in [1.82, 2.24) is 9.44 Å². The molecular formula is C41H48Cl2N4O14S5. The van der Waals surface area contributed by atoms with Gasteiger partial charge in [0.25, 0.3) is 30.2 Å². The third-order valence-corrected chi connectivity index (χ3v) is 17.9. The number of nitrogens with one attached hydrogen (secondary N) is 4. The summed E-state index contributed by atoms with van der Waals surface area (Å²) in [6.45, 7) is 7.25. The van der Waals surface area contributed by atoms with E-state index in [2.05, 4.69) is 18.9 Å². The van der Waals surface area contributed by atoms with Gasteiger partial charge >= 0.3 is 0 Å². The zero-order chi connectivity index (χ0) is 49.4. The van der Waals surface area contributed by atoms with Crippen LogP contribution in [0.25, 0.3) is 0 Å². The third-order valence-electron chi connectivity index (χ3n) is 9.70. The van der Waals surface area contributed by atoms with E-state index in [9.17, 15) is 42.1 Å². The van der Waals surface area contributed by atoms with Crippen LogP contribution in [-0.2, 0) is 54.4 Å². The van der Waals surface area contributed by atoms with Gasteiger partial charge in [-0.2, -0.15) is 8.42 Å². The fourth-order valence-electron chi connectivity index (χ4n) is 6.16. The summed E-state index contributed by atoms with van der Waals surface area (Å²) in [6.07, 6.45) is 0. The van der Waals surface area contributed by atoms with Crippen LogP contribution in [0, 0.1) is 34.6 Å². The Morgan fingerprint density at radius 2 is 1.02 bits per heavy atom. The number of aliphatic hydroxyl groups excluding tert-OH is 1. The largest absolute Gasteiger partial charge is 0.496 e. The first-order valence-corrected chi connectivity index (χ1v) is 27.3. The van der Waals surface area contributed by atoms with Crippen molar-refractivity contribution in [2.45, 2.75) is 59.1 Å². The maximum absolute atomic E-state index is 13.2. The third kappa shape index (κ3) is 13.3. The van der Waals surface area contributed by atoms with Crippen LogP contribution >= 0.6 is 23.2 Å². The Morgan fingerprint density at radius 3 is 1.52 bits per heavy atom. The van der Waals surface area contributed by atoms with E-state index in [1.807, 2.05) is 0 Å². The van der Waals surface area contributed by atoms with Gasteiger partial charge < -0.3 is 14.6 Å². The molecule has 0 spiro atoms. The van der Waals surface area contributed by atoms with Gasteiger partial charge in [-0.15, -0.1) is 0 Å². The van der Waals surface area contributed by atoms with E-state index in [0.717, 1.165) is 0 Å². The van der Waals surface area contributed by atoms with Crippen LogP contribution in [0.3, 0.4) is 0 Å². The molecule has 0 atom stereocenters. The number of sulfonamides is 4. The maximum atomic E-state index is 13.2. The van der Waals surface area contributed by atoms with Crippen molar-refractivity contribution < 1.29 is 60.9 Å². The average Bonchev–Trinajstić information content (AvgIpc) is 3.24. The molecule has 0 unspecified atom stereocenters. The molecule has 0 fully saturated rings. The molecule has 0 heterocycles. The van der Waals surface area contributed by atoms with Crippen LogP contribution in [-0.4, -0.2) is 87.7 Å². The van der Waals surface area contributed by atoms with Gasteiger partial charge in [-0.1, -0.05) is 23.2 Å². The Bertz CT molecular complexity index is 3140. The van der Waals surface area contributed by atoms with Crippen molar-refractivity contribution in [2.24, 2.45) is 0 Å². The molecular weight excluding hydrogens is 1000 g/mol. The molecule has 0 radical (unpaired) electrons. The first kappa shape index (κ1) is 54.1. The van der Waals surface area contributed by atoms with Crippen LogP contribution in [0.4, 0.5) is 11.4 Å². The molecule has 66 heavy (non-hydrogen) atoms. The summed E-state index contributed by atoms with van der Waals surface area (Å²) >= 11 is 11.6. The van der Waals surface area contributed by atoms with Crippen LogP contribution in [0.1, 0.15) is 27.8 Å². The van der Waals surface area contributed by atoms with Crippen molar-refractivity contribution in [1.29, 1.82) is 0 Å². The summed E-state index contributed by atoms with van der Waals surface area (Å²) in [5, 5.41) is 8.94. The molecule has 5 rings (SSSR count). The fourth-order valence-corrected chi connectivity index (χ4v) is 12.8. The predicted octanol–water partition coefficient (Wildman–Crippen LogP) is 5.80. The number of rotatable bonds is 19. The number of hydrogen-bond donors (Lipinski definition) is 5. The monoisotopic (exact) mass is 1050 g/mol. The Labute approximate surface area is 395 Å². The van der Waals surface area contributed by atoms with Gasteiger partial charge in [-0.3, -0.25) is 13.6 Å². The molecule has 5 N–H and O–H groups in total. The normalized spacial score (nSPS) is 12.2. The molecule has 0 amide bonds. The summed E-state index contributed by atoms with van der Waals surface area (Å²) in [6, 6.07) is 18.7. The number of ether oxygens (including phenoxy) is 2. The highest BCUT2D eigenvalue weighted by Crippen LogP contribution is 2.33. The quantitative estimate of drug-likeness (QED) is 0.0484. The molecule has 360 valence electrons. The molecule has 5 aromatic rings. The Morgan fingerprint density at radius 1 is 0.530 bits per heavy atom. The summed E-state index contributed by atoms with van der Waals surface area (Å²) in [5.74, 6) is 1.11. The molecule has 25 heteroatoms. The number of aliphatic hydroxyl groups is 1. The Balaban J connectivity index is 0.000000325. The first-order valence-electron chi connectivity index (χ1n) is 19.2. The van der Waals surface area contributed by atoms with Gasteiger partial charge in [0, 0.05) is 29.5 Å². The summed E-state index contributed by atoms with van der Waals surface area (Å²) < 4.78 is 150. The number of methoxy groups -OCH3 is 2. The van der Waals surface area contributed by atoms with E-state index in [-0.39, 0.29) is 60.6 Å². The number of halogens is 2. The zero-order valence-corrected chi connectivity index (χ0v) is 42.1. The minimum absolute atomic E-state index is 0.0348. The van der Waals surface area contributed by atoms with Crippen LogP contribution in [0.15, 0.2) is 109 Å². The smallest absolute Gasteiger partial charge is 0.297 e. The number of hydrogen-bond acceptors (Lipinski definition) is 14. The van der Waals surface area contributed by atoms with Gasteiger partial charge in [-0.25, -0.2) is 43.1 Å². The van der Waals surface area contributed by atoms with Crippen LogP contribution < -0.4 is 28.4 Å². The Kier molecular flexibility index (Phi) is 18.1. The number of benzene rings is 5. The molecule has 0 saturated heterocycles. The second-order valence-electron chi connectivity index (χ2n) is 14.1. The van der Waals surface area contributed by atoms with Gasteiger partial charge in [0.05, 0.1) is 52.0 Å². The molecule has 5 aromatic carbocycles. The topological polar surface area (TPSA) is 267 Å². The highest BCUT2D eigenvalue weighted by Gasteiger charge is 2.25. The molecule has 0 aliphatic carbocycles. The molecule has 0 bridgehead atoms. The molecule has 0 aliphatic heterocycles. The molecule has 0 aliphatic rings. The fraction of sp³-hybridized carbons (Fsp3) is 0.268. The van der Waals surface area contributed by atoms with E-state index in [0.29, 0.717) is 44.3 Å². The second kappa shape index (κ2) is 22.1. The highest BCUT2D eigenvalue weighted by molar-refractivity contribution is 7.93. The lowest BCUT2D eigenvalue weighted by molar-refractivity contribution is 0.301. The van der Waals surface area contributed by atoms with E-state index in [1.165, 1.54) is 93.1 Å². The lowest BCUT2D eigenvalue weighted by Crippen LogP contribution is -2.28. The van der Waals surface area contributed by atoms with Crippen molar-refractivity contribution in [3.63, 3.8) is 0 Å². The minimum atomic E-state index is -4.14. The summed E-state index contributed by atoms with van der Waals surface area (Å²) in [5.41, 5.74) is 3.17. The zero-order valence-electron chi connectivity index (χ0n) is 36.5. The van der Waals surface area contributed by atoms with Crippen molar-refractivity contribution in [3.8, 4) is 11.5 Å². The molecule has 0 aromatic heterocycles. The SMILES string of the molecule is COc1ccc(S(=O)(=O)OCCNS(=O)(=O)c2ccc(NS(=O)(=O)c3c(C)cc(OC)c(C)c3C)cc2)c(C)c1C.O=S(=O)(NCCO)c1ccc(NS(=O)(=O)c2ccc(Cl)cc2Cl)cc1. The average molecular weight is 1050 g/mol. The van der Waals surface area contributed by atoms with Gasteiger partial charge in [-0.05, 0) is 147 Å². The van der Waals surface area contributed by atoms with E-state index in [1.54, 1.807) is 40.7 Å². The highest BCUT2D eigenvalue weighted by atomic mass is 35.5. The van der Waals surface area contributed by atoms with Crippen molar-refractivity contribution in [3.05, 3.63) is 123 Å². The second-order valence-corrected chi connectivity index (χ2v) is 23.4. The van der Waals surface area contributed by atoms with Gasteiger partial charge in [0.15, 0.2) is 0 Å². The Hall–Kier alpha value is -4.53. The number of aryl methyl sites for hydroxylation is 1. The molecule has 0 saturated carbocycles. The van der Waals surface area contributed by atoms with Crippen LogP contribution in [0.2, 0.25) is 10.0 Å². The summed E-state index contributed by atoms with van der Waals surface area (Å²) in [7, 11) is -16.9. The summed E-state index contributed by atoms with van der Waals surface area (Å²) in [4.78, 5) is -0.276. The predicted molar refractivity (Wildman–Crippen MR) is 251 cm³/mol. The lowest BCUT2D eigenvalue weighted by Gasteiger charge is -2.17.